The monoisotopic (exact) mass is 260 g/mol. The highest BCUT2D eigenvalue weighted by atomic mass is 28.4. The van der Waals surface area contributed by atoms with Crippen LogP contribution in [0.25, 0.3) is 0 Å². The van der Waals surface area contributed by atoms with Gasteiger partial charge in [0.1, 0.15) is 0 Å². The van der Waals surface area contributed by atoms with Gasteiger partial charge in [-0.1, -0.05) is 34.6 Å². The van der Waals surface area contributed by atoms with Gasteiger partial charge in [-0.25, -0.2) is 0 Å². The Hall–Kier alpha value is 0.0569. The molecule has 17 heavy (non-hydrogen) atoms. The van der Waals surface area contributed by atoms with E-state index in [2.05, 4.69) is 67.4 Å². The van der Waals surface area contributed by atoms with Gasteiger partial charge in [0, 0.05) is 0 Å². The molecular formula is C12H32N4Si. The minimum atomic E-state index is -1.88. The molecule has 0 spiro atoms. The normalized spacial score (nSPS) is 13.1. The molecule has 1 N–H and O–H groups in total. The summed E-state index contributed by atoms with van der Waals surface area (Å²) in [6.45, 7) is 16.7. The maximum Gasteiger partial charge on any atom is 0.373 e. The molecule has 0 aliphatic rings. The summed E-state index contributed by atoms with van der Waals surface area (Å²) in [5, 5.41) is 0. The van der Waals surface area contributed by atoms with Crippen molar-refractivity contribution in [1.29, 1.82) is 0 Å². The lowest BCUT2D eigenvalue weighted by atomic mass is 10.7. The highest BCUT2D eigenvalue weighted by molar-refractivity contribution is 6.69. The van der Waals surface area contributed by atoms with Gasteiger partial charge in [0.15, 0.2) is 0 Å². The van der Waals surface area contributed by atoms with Crippen molar-refractivity contribution in [2.75, 3.05) is 46.8 Å². The third-order valence-corrected chi connectivity index (χ3v) is 8.55. The Morgan fingerprint density at radius 2 is 1.12 bits per heavy atom. The van der Waals surface area contributed by atoms with Crippen LogP contribution < -0.4 is 4.98 Å². The number of rotatable bonds is 9. The van der Waals surface area contributed by atoms with Gasteiger partial charge in [-0.3, -0.25) is 13.7 Å². The molecule has 0 aliphatic heterocycles. The standard InChI is InChI=1S/C12H32N4Si/c1-8-13-17(14(6)7,15(9-2)10-3)16(11-4)12-5/h13H,8-12H2,1-7H3. The quantitative estimate of drug-likeness (QED) is 0.630. The number of nitrogens with zero attached hydrogens (tertiary/aromatic N) is 3. The minimum Gasteiger partial charge on any atom is -0.301 e. The fraction of sp³-hybridized carbons (Fsp3) is 1.00. The summed E-state index contributed by atoms with van der Waals surface area (Å²) in [5.74, 6) is 0. The van der Waals surface area contributed by atoms with E-state index in [4.69, 9.17) is 0 Å². The predicted molar refractivity (Wildman–Crippen MR) is 79.0 cm³/mol. The molecule has 0 amide bonds. The second-order valence-electron chi connectivity index (χ2n) is 4.40. The topological polar surface area (TPSA) is 21.8 Å². The van der Waals surface area contributed by atoms with Crippen molar-refractivity contribution >= 4 is 8.72 Å². The Labute approximate surface area is 109 Å². The lowest BCUT2D eigenvalue weighted by molar-refractivity contribution is 0.275. The lowest BCUT2D eigenvalue weighted by Gasteiger charge is -2.50. The third-order valence-electron chi connectivity index (χ3n) is 3.45. The number of hydrogen-bond acceptors (Lipinski definition) is 4. The molecule has 0 aromatic heterocycles. The summed E-state index contributed by atoms with van der Waals surface area (Å²) in [6, 6.07) is 0. The van der Waals surface area contributed by atoms with Crippen LogP contribution in [0.3, 0.4) is 0 Å². The van der Waals surface area contributed by atoms with Gasteiger partial charge in [-0.2, -0.15) is 0 Å². The van der Waals surface area contributed by atoms with Crippen molar-refractivity contribution in [2.24, 2.45) is 0 Å². The van der Waals surface area contributed by atoms with E-state index in [1.165, 1.54) is 0 Å². The Kier molecular flexibility index (Phi) is 8.24. The molecule has 104 valence electrons. The molecule has 4 nitrogen and oxygen atoms in total. The summed E-state index contributed by atoms with van der Waals surface area (Å²) in [5.41, 5.74) is 0. The lowest BCUT2D eigenvalue weighted by Crippen LogP contribution is -2.81. The summed E-state index contributed by atoms with van der Waals surface area (Å²) in [4.78, 5) is 3.82. The van der Waals surface area contributed by atoms with Crippen molar-refractivity contribution < 1.29 is 0 Å². The molecule has 0 atom stereocenters. The second-order valence-corrected chi connectivity index (χ2v) is 8.19. The fourth-order valence-electron chi connectivity index (χ4n) is 2.71. The van der Waals surface area contributed by atoms with E-state index in [0.717, 1.165) is 32.7 Å². The van der Waals surface area contributed by atoms with Crippen LogP contribution in [0.5, 0.6) is 0 Å². The zero-order chi connectivity index (χ0) is 13.5. The van der Waals surface area contributed by atoms with E-state index >= 15 is 0 Å². The molecule has 0 aromatic carbocycles. The van der Waals surface area contributed by atoms with E-state index in [1.54, 1.807) is 0 Å². The van der Waals surface area contributed by atoms with Crippen molar-refractivity contribution in [3.05, 3.63) is 0 Å². The fourth-order valence-corrected chi connectivity index (χ4v) is 7.25. The number of hydrogen-bond donors (Lipinski definition) is 1. The third kappa shape index (κ3) is 3.51. The Morgan fingerprint density at radius 3 is 1.29 bits per heavy atom. The molecular weight excluding hydrogens is 228 g/mol. The smallest absolute Gasteiger partial charge is 0.301 e. The molecule has 0 bridgehead atoms. The predicted octanol–water partition coefficient (Wildman–Crippen LogP) is 1.28. The molecule has 0 fully saturated rings. The molecule has 0 heterocycles. The van der Waals surface area contributed by atoms with Crippen molar-refractivity contribution in [1.82, 2.24) is 18.7 Å². The van der Waals surface area contributed by atoms with Crippen molar-refractivity contribution in [3.8, 4) is 0 Å². The summed E-state index contributed by atoms with van der Waals surface area (Å²) >= 11 is 0. The highest BCUT2D eigenvalue weighted by Gasteiger charge is 2.46. The first kappa shape index (κ1) is 17.1. The molecule has 0 unspecified atom stereocenters. The van der Waals surface area contributed by atoms with Crippen LogP contribution in [-0.2, 0) is 0 Å². The van der Waals surface area contributed by atoms with Gasteiger partial charge in [0.2, 0.25) is 0 Å². The van der Waals surface area contributed by atoms with Crippen LogP contribution in [0.2, 0.25) is 0 Å². The largest absolute Gasteiger partial charge is 0.373 e. The van der Waals surface area contributed by atoms with E-state index in [0.29, 0.717) is 0 Å². The minimum absolute atomic E-state index is 1.03. The highest BCUT2D eigenvalue weighted by Crippen LogP contribution is 2.15. The second kappa shape index (κ2) is 8.21. The van der Waals surface area contributed by atoms with Gasteiger partial charge in [-0.05, 0) is 46.8 Å². The van der Waals surface area contributed by atoms with Gasteiger partial charge >= 0.3 is 8.72 Å². The van der Waals surface area contributed by atoms with Crippen molar-refractivity contribution in [2.45, 2.75) is 34.6 Å². The maximum absolute atomic E-state index is 3.82. The van der Waals surface area contributed by atoms with Crippen LogP contribution in [0.15, 0.2) is 0 Å². The number of nitrogens with one attached hydrogen (secondary N) is 1. The molecule has 0 aromatic rings. The summed E-state index contributed by atoms with van der Waals surface area (Å²) < 4.78 is 7.66. The molecule has 0 rings (SSSR count). The SMILES string of the molecule is CCN[Si](N(C)C)(N(CC)CC)N(CC)CC. The van der Waals surface area contributed by atoms with E-state index < -0.39 is 8.72 Å². The van der Waals surface area contributed by atoms with Crippen molar-refractivity contribution in [3.63, 3.8) is 0 Å². The van der Waals surface area contributed by atoms with E-state index in [1.807, 2.05) is 0 Å². The summed E-state index contributed by atoms with van der Waals surface area (Å²) in [6.07, 6.45) is 0. The van der Waals surface area contributed by atoms with Gasteiger partial charge < -0.3 is 4.98 Å². The van der Waals surface area contributed by atoms with Gasteiger partial charge in [0.25, 0.3) is 0 Å². The molecule has 0 saturated carbocycles. The first-order valence-electron chi connectivity index (χ1n) is 6.97. The molecule has 5 heteroatoms. The Bertz CT molecular complexity index is 179. The van der Waals surface area contributed by atoms with Crippen LogP contribution in [0, 0.1) is 0 Å². The molecule has 0 radical (unpaired) electrons. The Balaban J connectivity index is 5.37. The first-order valence-corrected chi connectivity index (χ1v) is 8.81. The zero-order valence-corrected chi connectivity index (χ0v) is 13.9. The van der Waals surface area contributed by atoms with Crippen LogP contribution in [0.4, 0.5) is 0 Å². The Morgan fingerprint density at radius 1 is 0.765 bits per heavy atom. The van der Waals surface area contributed by atoms with Gasteiger partial charge in [-0.15, -0.1) is 0 Å². The van der Waals surface area contributed by atoms with E-state index in [9.17, 15) is 0 Å². The molecule has 0 saturated heterocycles. The first-order chi connectivity index (χ1) is 8.04. The molecule has 0 aliphatic carbocycles. The summed E-state index contributed by atoms with van der Waals surface area (Å²) in [7, 11) is 2.55. The van der Waals surface area contributed by atoms with Crippen LogP contribution in [0.1, 0.15) is 34.6 Å². The average Bonchev–Trinajstić information content (AvgIpc) is 2.31. The van der Waals surface area contributed by atoms with Gasteiger partial charge in [0.05, 0.1) is 0 Å². The van der Waals surface area contributed by atoms with Crippen LogP contribution >= 0.6 is 0 Å². The maximum atomic E-state index is 3.82. The van der Waals surface area contributed by atoms with E-state index in [-0.39, 0.29) is 0 Å². The van der Waals surface area contributed by atoms with Crippen LogP contribution in [-0.4, -0.2) is 69.2 Å². The average molecular weight is 261 g/mol. The zero-order valence-electron chi connectivity index (χ0n) is 12.9.